The van der Waals surface area contributed by atoms with Gasteiger partial charge in [-0.05, 0) is 27.7 Å². The van der Waals surface area contributed by atoms with E-state index in [-0.39, 0.29) is 5.60 Å². The molecule has 0 amide bonds. The lowest BCUT2D eigenvalue weighted by molar-refractivity contribution is 0.123. The minimum Gasteiger partial charge on any atom is -0.472 e. The molecule has 1 aromatic rings. The third-order valence-corrected chi connectivity index (χ3v) is 1.34. The van der Waals surface area contributed by atoms with E-state index >= 15 is 0 Å². The van der Waals surface area contributed by atoms with Gasteiger partial charge in [0.25, 0.3) is 0 Å². The van der Waals surface area contributed by atoms with Gasteiger partial charge in [0.05, 0.1) is 0 Å². The van der Waals surface area contributed by atoms with Gasteiger partial charge in [0.2, 0.25) is 5.88 Å². The number of nitriles is 1. The second-order valence-electron chi connectivity index (χ2n) is 3.96. The van der Waals surface area contributed by atoms with Gasteiger partial charge < -0.3 is 4.74 Å². The fraction of sp³-hybridized carbons (Fsp3) is 0.500. The molecule has 0 aliphatic carbocycles. The number of aryl methyl sites for hydroxylation is 1. The number of nitrogens with zero attached hydrogens (tertiary/aromatic N) is 3. The number of rotatable bonds is 1. The van der Waals surface area contributed by atoms with E-state index < -0.39 is 0 Å². The first-order valence-electron chi connectivity index (χ1n) is 4.35. The molecule has 0 unspecified atom stereocenters. The summed E-state index contributed by atoms with van der Waals surface area (Å²) in [5, 5.41) is 8.69. The maximum atomic E-state index is 8.69. The normalized spacial score (nSPS) is 10.8. The molecule has 0 N–H and O–H groups in total. The molecule has 74 valence electrons. The van der Waals surface area contributed by atoms with E-state index in [0.29, 0.717) is 17.4 Å². The Morgan fingerprint density at radius 3 is 2.50 bits per heavy atom. The third-order valence-electron chi connectivity index (χ3n) is 1.34. The van der Waals surface area contributed by atoms with Crippen molar-refractivity contribution >= 4 is 0 Å². The summed E-state index contributed by atoms with van der Waals surface area (Å²) < 4.78 is 5.52. The summed E-state index contributed by atoms with van der Waals surface area (Å²) in [5.41, 5.74) is 0.0183. The molecule has 1 heterocycles. The van der Waals surface area contributed by atoms with Gasteiger partial charge in [0.1, 0.15) is 23.2 Å². The van der Waals surface area contributed by atoms with Crippen molar-refractivity contribution in [2.75, 3.05) is 0 Å². The maximum absolute atomic E-state index is 8.69. The third kappa shape index (κ3) is 3.02. The van der Waals surface area contributed by atoms with Crippen molar-refractivity contribution < 1.29 is 4.74 Å². The van der Waals surface area contributed by atoms with Gasteiger partial charge >= 0.3 is 0 Å². The Morgan fingerprint density at radius 2 is 2.00 bits per heavy atom. The predicted molar refractivity (Wildman–Crippen MR) is 51.9 cm³/mol. The van der Waals surface area contributed by atoms with Gasteiger partial charge in [-0.25, -0.2) is 4.98 Å². The zero-order valence-electron chi connectivity index (χ0n) is 8.83. The molecule has 0 atom stereocenters. The van der Waals surface area contributed by atoms with Gasteiger partial charge in [-0.15, -0.1) is 0 Å². The van der Waals surface area contributed by atoms with Crippen LogP contribution in [0.2, 0.25) is 0 Å². The second-order valence-corrected chi connectivity index (χ2v) is 3.96. The van der Waals surface area contributed by atoms with Crippen molar-refractivity contribution in [3.05, 3.63) is 17.6 Å². The minimum absolute atomic E-state index is 0.312. The molecule has 0 radical (unpaired) electrons. The van der Waals surface area contributed by atoms with Crippen LogP contribution in [0, 0.1) is 18.3 Å². The molecular formula is C10H13N3O. The summed E-state index contributed by atoms with van der Waals surface area (Å²) in [7, 11) is 0. The Labute approximate surface area is 83.6 Å². The highest BCUT2D eigenvalue weighted by atomic mass is 16.5. The fourth-order valence-corrected chi connectivity index (χ4v) is 0.964. The lowest BCUT2D eigenvalue weighted by Crippen LogP contribution is -2.23. The monoisotopic (exact) mass is 191 g/mol. The number of hydrogen-bond donors (Lipinski definition) is 0. The van der Waals surface area contributed by atoms with Crippen LogP contribution in [0.1, 0.15) is 32.3 Å². The van der Waals surface area contributed by atoms with Crippen LogP contribution in [-0.4, -0.2) is 15.6 Å². The standard InChI is InChI=1S/C10H13N3O/c1-7-12-8(6-11)5-9(13-7)14-10(2,3)4/h5H,1-4H3. The molecule has 0 aliphatic heterocycles. The highest BCUT2D eigenvalue weighted by molar-refractivity contribution is 5.26. The van der Waals surface area contributed by atoms with E-state index in [2.05, 4.69) is 9.97 Å². The quantitative estimate of drug-likeness (QED) is 0.679. The Kier molecular flexibility index (Phi) is 2.70. The molecule has 0 bridgehead atoms. The minimum atomic E-state index is -0.312. The summed E-state index contributed by atoms with van der Waals surface area (Å²) in [6, 6.07) is 3.50. The molecule has 0 fully saturated rings. The fourth-order valence-electron chi connectivity index (χ4n) is 0.964. The van der Waals surface area contributed by atoms with Crippen molar-refractivity contribution in [1.29, 1.82) is 5.26 Å². The van der Waals surface area contributed by atoms with E-state index in [1.54, 1.807) is 6.92 Å². The summed E-state index contributed by atoms with van der Waals surface area (Å²) >= 11 is 0. The molecule has 1 aromatic heterocycles. The Hall–Kier alpha value is -1.63. The maximum Gasteiger partial charge on any atom is 0.218 e. The SMILES string of the molecule is Cc1nc(C#N)cc(OC(C)(C)C)n1. The van der Waals surface area contributed by atoms with Crippen molar-refractivity contribution in [3.63, 3.8) is 0 Å². The van der Waals surface area contributed by atoms with Crippen LogP contribution in [0.25, 0.3) is 0 Å². The van der Waals surface area contributed by atoms with Crippen molar-refractivity contribution in [2.45, 2.75) is 33.3 Å². The largest absolute Gasteiger partial charge is 0.472 e. The topological polar surface area (TPSA) is 58.8 Å². The van der Waals surface area contributed by atoms with E-state index in [0.717, 1.165) is 0 Å². The summed E-state index contributed by atoms with van der Waals surface area (Å²) in [6.07, 6.45) is 0. The molecular weight excluding hydrogens is 178 g/mol. The summed E-state index contributed by atoms with van der Waals surface area (Å²) in [5.74, 6) is 0.991. The van der Waals surface area contributed by atoms with Crippen LogP contribution < -0.4 is 4.74 Å². The number of ether oxygens (including phenoxy) is 1. The smallest absolute Gasteiger partial charge is 0.218 e. The van der Waals surface area contributed by atoms with Crippen LogP contribution >= 0.6 is 0 Å². The zero-order chi connectivity index (χ0) is 10.8. The average molecular weight is 191 g/mol. The van der Waals surface area contributed by atoms with Crippen LogP contribution in [0.4, 0.5) is 0 Å². The van der Waals surface area contributed by atoms with E-state index in [1.807, 2.05) is 26.8 Å². The lowest BCUT2D eigenvalue weighted by Gasteiger charge is -2.20. The second kappa shape index (κ2) is 3.62. The van der Waals surface area contributed by atoms with Crippen LogP contribution in [-0.2, 0) is 0 Å². The first-order chi connectivity index (χ1) is 6.40. The van der Waals surface area contributed by atoms with Crippen molar-refractivity contribution in [2.24, 2.45) is 0 Å². The molecule has 0 aliphatic rings. The Bertz CT molecular complexity index is 374. The van der Waals surface area contributed by atoms with Crippen LogP contribution in [0.5, 0.6) is 5.88 Å². The molecule has 1 rings (SSSR count). The van der Waals surface area contributed by atoms with Crippen LogP contribution in [0.3, 0.4) is 0 Å². The first kappa shape index (κ1) is 10.5. The first-order valence-corrected chi connectivity index (χ1v) is 4.35. The van der Waals surface area contributed by atoms with Gasteiger partial charge in [0, 0.05) is 6.07 Å². The zero-order valence-corrected chi connectivity index (χ0v) is 8.83. The molecule has 0 saturated heterocycles. The van der Waals surface area contributed by atoms with E-state index in [9.17, 15) is 0 Å². The lowest BCUT2D eigenvalue weighted by atomic mass is 10.2. The van der Waals surface area contributed by atoms with Crippen molar-refractivity contribution in [3.8, 4) is 11.9 Å². The Balaban J connectivity index is 3.00. The van der Waals surface area contributed by atoms with E-state index in [1.165, 1.54) is 6.07 Å². The molecule has 0 saturated carbocycles. The average Bonchev–Trinajstić information content (AvgIpc) is 1.99. The highest BCUT2D eigenvalue weighted by Gasteiger charge is 2.13. The molecule has 0 aromatic carbocycles. The summed E-state index contributed by atoms with van der Waals surface area (Å²) in [4.78, 5) is 8.01. The molecule has 14 heavy (non-hydrogen) atoms. The van der Waals surface area contributed by atoms with Gasteiger partial charge in [-0.3, -0.25) is 0 Å². The molecule has 4 heteroatoms. The molecule has 0 spiro atoms. The number of aromatic nitrogens is 2. The van der Waals surface area contributed by atoms with Gasteiger partial charge in [0.15, 0.2) is 0 Å². The van der Waals surface area contributed by atoms with Gasteiger partial charge in [-0.1, -0.05) is 0 Å². The van der Waals surface area contributed by atoms with E-state index in [4.69, 9.17) is 10.00 Å². The molecule has 4 nitrogen and oxygen atoms in total. The Morgan fingerprint density at radius 1 is 1.36 bits per heavy atom. The van der Waals surface area contributed by atoms with Crippen molar-refractivity contribution in [1.82, 2.24) is 9.97 Å². The predicted octanol–water partition coefficient (Wildman–Crippen LogP) is 1.83. The summed E-state index contributed by atoms with van der Waals surface area (Å²) in [6.45, 7) is 7.51. The van der Waals surface area contributed by atoms with Gasteiger partial charge in [-0.2, -0.15) is 10.2 Å². The number of hydrogen-bond acceptors (Lipinski definition) is 4. The highest BCUT2D eigenvalue weighted by Crippen LogP contribution is 2.15. The van der Waals surface area contributed by atoms with Crippen LogP contribution in [0.15, 0.2) is 6.07 Å².